The number of rotatable bonds is 2. The van der Waals surface area contributed by atoms with Gasteiger partial charge in [-0.25, -0.2) is 4.39 Å². The Bertz CT molecular complexity index is 812. The zero-order valence-corrected chi connectivity index (χ0v) is 14.3. The topological polar surface area (TPSA) is 41.9 Å². The van der Waals surface area contributed by atoms with Crippen molar-refractivity contribution >= 4 is 39.3 Å². The van der Waals surface area contributed by atoms with Crippen LogP contribution in [0.15, 0.2) is 52.0 Å². The van der Waals surface area contributed by atoms with Gasteiger partial charge in [0.1, 0.15) is 5.82 Å². The number of halogens is 3. The van der Waals surface area contributed by atoms with Crippen LogP contribution in [0.5, 0.6) is 0 Å². The molecule has 7 heteroatoms. The van der Waals surface area contributed by atoms with Crippen molar-refractivity contribution in [1.82, 2.24) is 5.01 Å². The van der Waals surface area contributed by atoms with Gasteiger partial charge in [-0.2, -0.15) is 5.01 Å². The first kappa shape index (κ1) is 16.0. The molecule has 0 saturated carbocycles. The normalized spacial score (nSPS) is 17.0. The minimum Gasteiger partial charge on any atom is -0.446 e. The molecule has 0 aliphatic carbocycles. The highest BCUT2D eigenvalue weighted by Crippen LogP contribution is 2.34. The maximum absolute atomic E-state index is 14.2. The largest absolute Gasteiger partial charge is 0.446 e. The first-order valence-corrected chi connectivity index (χ1v) is 7.89. The number of carbonyl (C=O) groups is 1. The fourth-order valence-corrected chi connectivity index (χ4v) is 2.81. The molecule has 0 aromatic heterocycles. The summed E-state index contributed by atoms with van der Waals surface area (Å²) < 4.78 is 20.6. The van der Waals surface area contributed by atoms with Crippen LogP contribution >= 0.6 is 27.5 Å². The van der Waals surface area contributed by atoms with Crippen molar-refractivity contribution in [3.8, 4) is 0 Å². The third-order valence-corrected chi connectivity index (χ3v) is 4.12. The van der Waals surface area contributed by atoms with Gasteiger partial charge in [0.25, 0.3) is 0 Å². The van der Waals surface area contributed by atoms with E-state index in [1.165, 1.54) is 13.0 Å². The molecule has 1 amide bonds. The summed E-state index contributed by atoms with van der Waals surface area (Å²) in [6.45, 7) is 1.34. The molecule has 0 fully saturated rings. The molecule has 2 aromatic rings. The summed E-state index contributed by atoms with van der Waals surface area (Å²) in [5, 5.41) is 5.70. The van der Waals surface area contributed by atoms with Crippen molar-refractivity contribution in [2.24, 2.45) is 5.10 Å². The zero-order chi connectivity index (χ0) is 16.6. The molecule has 0 radical (unpaired) electrons. The summed E-state index contributed by atoms with van der Waals surface area (Å²) in [5.41, 5.74) is 0.749. The van der Waals surface area contributed by atoms with Crippen LogP contribution in [-0.2, 0) is 9.53 Å². The van der Waals surface area contributed by atoms with E-state index < -0.39 is 12.0 Å². The predicted octanol–water partition coefficient (Wildman–Crippen LogP) is 4.48. The molecule has 0 unspecified atom stereocenters. The predicted molar refractivity (Wildman–Crippen MR) is 88.4 cm³/mol. The summed E-state index contributed by atoms with van der Waals surface area (Å²) in [6, 6.07) is 11.4. The van der Waals surface area contributed by atoms with E-state index in [0.29, 0.717) is 15.1 Å². The van der Waals surface area contributed by atoms with Crippen LogP contribution in [-0.4, -0.2) is 16.8 Å². The van der Waals surface area contributed by atoms with Crippen LogP contribution in [0, 0.1) is 5.82 Å². The van der Waals surface area contributed by atoms with Crippen molar-refractivity contribution in [3.63, 3.8) is 0 Å². The zero-order valence-electron chi connectivity index (χ0n) is 12.0. The van der Waals surface area contributed by atoms with Crippen LogP contribution in [0.3, 0.4) is 0 Å². The Morgan fingerprint density at radius 2 is 2.09 bits per heavy atom. The highest BCUT2D eigenvalue weighted by atomic mass is 79.9. The Morgan fingerprint density at radius 3 is 2.78 bits per heavy atom. The molecular formula is C16H11BrClFN2O2. The molecule has 4 nitrogen and oxygen atoms in total. The SMILES string of the molecule is CC(=O)N1N=C(c2ccccc2Cl)O[C@H]1c1cc(Br)ccc1F. The molecule has 0 N–H and O–H groups in total. The fourth-order valence-electron chi connectivity index (χ4n) is 2.22. The van der Waals surface area contributed by atoms with E-state index in [9.17, 15) is 9.18 Å². The van der Waals surface area contributed by atoms with Gasteiger partial charge in [0.15, 0.2) is 0 Å². The van der Waals surface area contributed by atoms with Crippen LogP contribution in [0.25, 0.3) is 0 Å². The van der Waals surface area contributed by atoms with Crippen molar-refractivity contribution in [1.29, 1.82) is 0 Å². The van der Waals surface area contributed by atoms with Gasteiger partial charge in [0.05, 0.1) is 16.1 Å². The third-order valence-electron chi connectivity index (χ3n) is 3.29. The van der Waals surface area contributed by atoms with E-state index >= 15 is 0 Å². The summed E-state index contributed by atoms with van der Waals surface area (Å²) in [6.07, 6.45) is -0.976. The highest BCUT2D eigenvalue weighted by molar-refractivity contribution is 9.10. The Balaban J connectivity index is 2.03. The first-order chi connectivity index (χ1) is 11.0. The van der Waals surface area contributed by atoms with Crippen molar-refractivity contribution in [2.75, 3.05) is 0 Å². The molecule has 3 rings (SSSR count). The first-order valence-electron chi connectivity index (χ1n) is 6.72. The molecule has 0 saturated heterocycles. The molecule has 1 aliphatic rings. The van der Waals surface area contributed by atoms with Gasteiger partial charge in [-0.05, 0) is 30.3 Å². The lowest BCUT2D eigenvalue weighted by atomic mass is 10.1. The summed E-state index contributed by atoms with van der Waals surface area (Å²) in [7, 11) is 0. The van der Waals surface area contributed by atoms with Gasteiger partial charge in [-0.3, -0.25) is 4.79 Å². The second-order valence-corrected chi connectivity index (χ2v) is 6.21. The molecule has 23 heavy (non-hydrogen) atoms. The fraction of sp³-hybridized carbons (Fsp3) is 0.125. The van der Waals surface area contributed by atoms with E-state index in [4.69, 9.17) is 16.3 Å². The van der Waals surface area contributed by atoms with Crippen molar-refractivity contribution in [2.45, 2.75) is 13.2 Å². The second kappa shape index (κ2) is 6.29. The van der Waals surface area contributed by atoms with E-state index in [0.717, 1.165) is 5.01 Å². The van der Waals surface area contributed by atoms with E-state index in [1.807, 2.05) is 0 Å². The maximum atomic E-state index is 14.2. The second-order valence-electron chi connectivity index (χ2n) is 4.88. The van der Waals surface area contributed by atoms with Crippen LogP contribution in [0.1, 0.15) is 24.3 Å². The lowest BCUT2D eigenvalue weighted by molar-refractivity contribution is -0.135. The number of benzene rings is 2. The van der Waals surface area contributed by atoms with Crippen molar-refractivity contribution < 1.29 is 13.9 Å². The Kier molecular flexibility index (Phi) is 4.37. The number of ether oxygens (including phenoxy) is 1. The van der Waals surface area contributed by atoms with E-state index in [2.05, 4.69) is 21.0 Å². The minimum atomic E-state index is -0.976. The Hall–Kier alpha value is -1.92. The van der Waals surface area contributed by atoms with Crippen LogP contribution < -0.4 is 0 Å². The lowest BCUT2D eigenvalue weighted by Crippen LogP contribution is -2.26. The smallest absolute Gasteiger partial charge is 0.243 e. The molecule has 118 valence electrons. The third kappa shape index (κ3) is 3.09. The standard InChI is InChI=1S/C16H11BrClFN2O2/c1-9(22)21-16(12-8-10(17)6-7-14(12)19)23-15(20-21)11-4-2-3-5-13(11)18/h2-8,16H,1H3/t16-/m0/s1. The average Bonchev–Trinajstić information content (AvgIpc) is 2.95. The Labute approximate surface area is 145 Å². The van der Waals surface area contributed by atoms with Gasteiger partial charge in [-0.1, -0.05) is 39.7 Å². The number of carbonyl (C=O) groups excluding carboxylic acids is 1. The number of hydrazone groups is 1. The summed E-state index contributed by atoms with van der Waals surface area (Å²) in [4.78, 5) is 11.9. The molecule has 2 aromatic carbocycles. The van der Waals surface area contributed by atoms with Crippen molar-refractivity contribution in [3.05, 3.63) is 68.9 Å². The van der Waals surface area contributed by atoms with Gasteiger partial charge >= 0.3 is 0 Å². The minimum absolute atomic E-state index is 0.176. The molecule has 1 heterocycles. The molecule has 0 spiro atoms. The Morgan fingerprint density at radius 1 is 1.35 bits per heavy atom. The van der Waals surface area contributed by atoms with Crippen LogP contribution in [0.4, 0.5) is 4.39 Å². The van der Waals surface area contributed by atoms with E-state index in [-0.39, 0.29) is 17.4 Å². The molecular weight excluding hydrogens is 387 g/mol. The lowest BCUT2D eigenvalue weighted by Gasteiger charge is -2.20. The quantitative estimate of drug-likeness (QED) is 0.750. The van der Waals surface area contributed by atoms with E-state index in [1.54, 1.807) is 36.4 Å². The number of hydrogen-bond donors (Lipinski definition) is 0. The summed E-state index contributed by atoms with van der Waals surface area (Å²) >= 11 is 9.42. The monoisotopic (exact) mass is 396 g/mol. The molecule has 1 atom stereocenters. The van der Waals surface area contributed by atoms with Crippen LogP contribution in [0.2, 0.25) is 5.02 Å². The number of nitrogens with zero attached hydrogens (tertiary/aromatic N) is 2. The van der Waals surface area contributed by atoms with Gasteiger partial charge in [0, 0.05) is 11.4 Å². The van der Waals surface area contributed by atoms with Gasteiger partial charge in [0.2, 0.25) is 18.0 Å². The summed E-state index contributed by atoms with van der Waals surface area (Å²) in [5.74, 6) is -0.674. The number of amides is 1. The van der Waals surface area contributed by atoms with Gasteiger partial charge < -0.3 is 4.74 Å². The highest BCUT2D eigenvalue weighted by Gasteiger charge is 2.35. The molecule has 0 bridgehead atoms. The van der Waals surface area contributed by atoms with Gasteiger partial charge in [-0.15, -0.1) is 5.10 Å². The maximum Gasteiger partial charge on any atom is 0.243 e. The number of hydrogen-bond acceptors (Lipinski definition) is 3. The molecule has 1 aliphatic heterocycles. The average molecular weight is 398 g/mol.